The number of ether oxygens (including phenoxy) is 1. The summed E-state index contributed by atoms with van der Waals surface area (Å²) in [5.74, 6) is 0.854. The zero-order valence-electron chi connectivity index (χ0n) is 8.60. The first kappa shape index (κ1) is 10.8. The van der Waals surface area contributed by atoms with Crippen LogP contribution in [0.4, 0.5) is 0 Å². The number of aliphatic hydroxyl groups is 1. The molecule has 0 atom stereocenters. The molecule has 0 aromatic heterocycles. The van der Waals surface area contributed by atoms with Crippen molar-refractivity contribution in [2.45, 2.75) is 20.0 Å². The van der Waals surface area contributed by atoms with Crippen LogP contribution in [0.1, 0.15) is 19.4 Å². The van der Waals surface area contributed by atoms with Gasteiger partial charge in [0.25, 0.3) is 0 Å². The zero-order chi connectivity index (χ0) is 10.4. The molecular formula is C12H16O2. The van der Waals surface area contributed by atoms with E-state index in [0.717, 1.165) is 11.3 Å². The van der Waals surface area contributed by atoms with Crippen LogP contribution in [0, 0.1) is 0 Å². The average Bonchev–Trinajstić information content (AvgIpc) is 2.16. The van der Waals surface area contributed by atoms with Crippen LogP contribution in [0.5, 0.6) is 5.75 Å². The smallest absolute Gasteiger partial charge is 0.126 e. The van der Waals surface area contributed by atoms with Crippen LogP contribution in [-0.4, -0.2) is 17.8 Å². The van der Waals surface area contributed by atoms with Crippen LogP contribution in [0.25, 0.3) is 6.08 Å². The summed E-state index contributed by atoms with van der Waals surface area (Å²) in [6.45, 7) is 4.04. The second-order valence-corrected chi connectivity index (χ2v) is 3.29. The summed E-state index contributed by atoms with van der Waals surface area (Å²) in [6, 6.07) is 7.78. The van der Waals surface area contributed by atoms with Gasteiger partial charge in [-0.05, 0) is 19.9 Å². The lowest BCUT2D eigenvalue weighted by Crippen LogP contribution is -2.06. The summed E-state index contributed by atoms with van der Waals surface area (Å²) in [7, 11) is 0. The van der Waals surface area contributed by atoms with E-state index in [2.05, 4.69) is 0 Å². The van der Waals surface area contributed by atoms with Crippen molar-refractivity contribution < 1.29 is 9.84 Å². The van der Waals surface area contributed by atoms with E-state index in [1.165, 1.54) is 0 Å². The Morgan fingerprint density at radius 3 is 2.71 bits per heavy atom. The topological polar surface area (TPSA) is 29.5 Å². The van der Waals surface area contributed by atoms with Crippen molar-refractivity contribution in [3.63, 3.8) is 0 Å². The molecule has 1 N–H and O–H groups in total. The lowest BCUT2D eigenvalue weighted by Gasteiger charge is -2.11. The standard InChI is InChI=1S/C12H16O2/c1-10(2)14-12-8-4-3-6-11(12)7-5-9-13/h3-8,10,13H,9H2,1-2H3. The van der Waals surface area contributed by atoms with Crippen molar-refractivity contribution in [1.82, 2.24) is 0 Å². The highest BCUT2D eigenvalue weighted by atomic mass is 16.5. The summed E-state index contributed by atoms with van der Waals surface area (Å²) >= 11 is 0. The Morgan fingerprint density at radius 1 is 1.36 bits per heavy atom. The maximum absolute atomic E-state index is 8.67. The van der Waals surface area contributed by atoms with Gasteiger partial charge in [-0.15, -0.1) is 0 Å². The monoisotopic (exact) mass is 192 g/mol. The molecule has 1 aromatic carbocycles. The molecule has 2 heteroatoms. The summed E-state index contributed by atoms with van der Waals surface area (Å²) in [6.07, 6.45) is 3.72. The first-order chi connectivity index (χ1) is 6.74. The molecule has 0 bridgehead atoms. The van der Waals surface area contributed by atoms with Gasteiger partial charge >= 0.3 is 0 Å². The Bertz CT molecular complexity index is 303. The van der Waals surface area contributed by atoms with E-state index in [-0.39, 0.29) is 12.7 Å². The summed E-state index contributed by atoms with van der Waals surface area (Å²) < 4.78 is 5.61. The van der Waals surface area contributed by atoms with Gasteiger partial charge in [0.2, 0.25) is 0 Å². The maximum Gasteiger partial charge on any atom is 0.126 e. The SMILES string of the molecule is CC(C)Oc1ccccc1C=CCO. The van der Waals surface area contributed by atoms with E-state index in [1.54, 1.807) is 6.08 Å². The van der Waals surface area contributed by atoms with Crippen molar-refractivity contribution in [2.24, 2.45) is 0 Å². The van der Waals surface area contributed by atoms with Gasteiger partial charge < -0.3 is 9.84 Å². The van der Waals surface area contributed by atoms with Crippen molar-refractivity contribution in [3.8, 4) is 5.75 Å². The fourth-order valence-electron chi connectivity index (χ4n) is 1.16. The van der Waals surface area contributed by atoms with E-state index in [4.69, 9.17) is 9.84 Å². The van der Waals surface area contributed by atoms with E-state index in [9.17, 15) is 0 Å². The normalized spacial score (nSPS) is 11.1. The Balaban J connectivity index is 2.85. The number of hydrogen-bond donors (Lipinski definition) is 1. The molecule has 0 saturated heterocycles. The van der Waals surface area contributed by atoms with Gasteiger partial charge in [-0.1, -0.05) is 30.4 Å². The van der Waals surface area contributed by atoms with Crippen LogP contribution < -0.4 is 4.74 Å². The molecule has 0 spiro atoms. The molecule has 1 rings (SSSR count). The maximum atomic E-state index is 8.67. The van der Waals surface area contributed by atoms with Gasteiger partial charge in [-0.25, -0.2) is 0 Å². The highest BCUT2D eigenvalue weighted by Crippen LogP contribution is 2.20. The fourth-order valence-corrected chi connectivity index (χ4v) is 1.16. The van der Waals surface area contributed by atoms with Gasteiger partial charge in [-0.3, -0.25) is 0 Å². The summed E-state index contributed by atoms with van der Waals surface area (Å²) in [4.78, 5) is 0. The molecule has 0 amide bonds. The van der Waals surface area contributed by atoms with Gasteiger partial charge in [0, 0.05) is 5.56 Å². The third-order valence-electron chi connectivity index (χ3n) is 1.68. The first-order valence-corrected chi connectivity index (χ1v) is 4.77. The predicted molar refractivity (Wildman–Crippen MR) is 58.3 cm³/mol. The van der Waals surface area contributed by atoms with Crippen LogP contribution in [0.2, 0.25) is 0 Å². The van der Waals surface area contributed by atoms with Crippen LogP contribution >= 0.6 is 0 Å². The molecule has 14 heavy (non-hydrogen) atoms. The van der Waals surface area contributed by atoms with E-state index < -0.39 is 0 Å². The van der Waals surface area contributed by atoms with Gasteiger partial charge in [0.15, 0.2) is 0 Å². The summed E-state index contributed by atoms with van der Waals surface area (Å²) in [5, 5.41) is 8.67. The van der Waals surface area contributed by atoms with Crippen molar-refractivity contribution in [2.75, 3.05) is 6.61 Å². The minimum atomic E-state index is 0.0516. The molecule has 0 fully saturated rings. The molecule has 0 aliphatic heterocycles. The van der Waals surface area contributed by atoms with Crippen LogP contribution in [0.15, 0.2) is 30.3 Å². The molecule has 0 aliphatic carbocycles. The predicted octanol–water partition coefficient (Wildman–Crippen LogP) is 2.48. The minimum absolute atomic E-state index is 0.0516. The summed E-state index contributed by atoms with van der Waals surface area (Å²) in [5.41, 5.74) is 0.996. The average molecular weight is 192 g/mol. The lowest BCUT2D eigenvalue weighted by atomic mass is 10.2. The second kappa shape index (κ2) is 5.45. The van der Waals surface area contributed by atoms with Gasteiger partial charge in [0.1, 0.15) is 5.75 Å². The quantitative estimate of drug-likeness (QED) is 0.794. The van der Waals surface area contributed by atoms with Crippen molar-refractivity contribution >= 4 is 6.08 Å². The van der Waals surface area contributed by atoms with E-state index in [0.29, 0.717) is 0 Å². The highest BCUT2D eigenvalue weighted by molar-refractivity contribution is 5.57. The third-order valence-corrected chi connectivity index (χ3v) is 1.68. The Labute approximate surface area is 84.8 Å². The highest BCUT2D eigenvalue weighted by Gasteiger charge is 2.00. The molecule has 1 aromatic rings. The Morgan fingerprint density at radius 2 is 2.07 bits per heavy atom. The van der Waals surface area contributed by atoms with Crippen LogP contribution in [0.3, 0.4) is 0 Å². The van der Waals surface area contributed by atoms with Crippen molar-refractivity contribution in [1.29, 1.82) is 0 Å². The molecule has 0 saturated carbocycles. The molecule has 76 valence electrons. The zero-order valence-corrected chi connectivity index (χ0v) is 8.60. The Hall–Kier alpha value is -1.28. The van der Waals surface area contributed by atoms with E-state index >= 15 is 0 Å². The third kappa shape index (κ3) is 3.23. The van der Waals surface area contributed by atoms with E-state index in [1.807, 2.05) is 44.2 Å². The van der Waals surface area contributed by atoms with Gasteiger partial charge in [0.05, 0.1) is 12.7 Å². The number of aliphatic hydroxyl groups excluding tert-OH is 1. The Kier molecular flexibility index (Phi) is 4.20. The molecule has 0 aliphatic rings. The molecule has 0 heterocycles. The largest absolute Gasteiger partial charge is 0.490 e. The molecule has 0 radical (unpaired) electrons. The molecular weight excluding hydrogens is 176 g/mol. The lowest BCUT2D eigenvalue weighted by molar-refractivity contribution is 0.242. The molecule has 0 unspecified atom stereocenters. The number of hydrogen-bond acceptors (Lipinski definition) is 2. The number of para-hydroxylation sites is 1. The number of rotatable bonds is 4. The number of benzene rings is 1. The fraction of sp³-hybridized carbons (Fsp3) is 0.333. The minimum Gasteiger partial charge on any atom is -0.490 e. The van der Waals surface area contributed by atoms with Gasteiger partial charge in [-0.2, -0.15) is 0 Å². The van der Waals surface area contributed by atoms with Crippen molar-refractivity contribution in [3.05, 3.63) is 35.9 Å². The first-order valence-electron chi connectivity index (χ1n) is 4.77. The van der Waals surface area contributed by atoms with Crippen LogP contribution in [-0.2, 0) is 0 Å². The second-order valence-electron chi connectivity index (χ2n) is 3.29. The molecule has 2 nitrogen and oxygen atoms in total.